The van der Waals surface area contributed by atoms with Crippen molar-refractivity contribution in [3.63, 3.8) is 0 Å². The second-order valence-electron chi connectivity index (χ2n) is 8.57. The maximum Gasteiger partial charge on any atom is 0.312 e. The fourth-order valence-electron chi connectivity index (χ4n) is 4.56. The molecule has 0 fully saturated rings. The molecule has 0 aromatic heterocycles. The molecular formula is C30H32N2O6. The third kappa shape index (κ3) is 6.08. The topological polar surface area (TPSA) is 125 Å². The highest BCUT2D eigenvalue weighted by atomic mass is 16.5. The highest BCUT2D eigenvalue weighted by Gasteiger charge is 2.47. The SMILES string of the molecule is CCOC(=O)C[C@H](C(=O)OCC)[C@@H](NC(=O)C(c1ccccc1)(c1ccccc1)c1ccccc1)C(N)=O. The van der Waals surface area contributed by atoms with Crippen molar-refractivity contribution in [2.45, 2.75) is 31.7 Å². The second kappa shape index (κ2) is 13.2. The molecule has 2 atom stereocenters. The van der Waals surface area contributed by atoms with Crippen LogP contribution in [0.15, 0.2) is 91.0 Å². The van der Waals surface area contributed by atoms with Gasteiger partial charge in [0.2, 0.25) is 11.8 Å². The molecular weight excluding hydrogens is 484 g/mol. The van der Waals surface area contributed by atoms with Crippen molar-refractivity contribution in [3.05, 3.63) is 108 Å². The lowest BCUT2D eigenvalue weighted by Gasteiger charge is -2.36. The lowest BCUT2D eigenvalue weighted by molar-refractivity contribution is -0.157. The third-order valence-electron chi connectivity index (χ3n) is 6.24. The van der Waals surface area contributed by atoms with Crippen LogP contribution in [0, 0.1) is 5.92 Å². The molecule has 0 heterocycles. The number of hydrogen-bond donors (Lipinski definition) is 2. The summed E-state index contributed by atoms with van der Waals surface area (Å²) in [5.74, 6) is -4.51. The molecule has 198 valence electrons. The van der Waals surface area contributed by atoms with Crippen LogP contribution in [0.25, 0.3) is 0 Å². The zero-order chi connectivity index (χ0) is 27.5. The number of carbonyl (C=O) groups is 4. The Bertz CT molecular complexity index is 1130. The van der Waals surface area contributed by atoms with Crippen LogP contribution >= 0.6 is 0 Å². The normalized spacial score (nSPS) is 12.6. The van der Waals surface area contributed by atoms with Gasteiger partial charge in [0.1, 0.15) is 11.5 Å². The van der Waals surface area contributed by atoms with Crippen LogP contribution in [0.2, 0.25) is 0 Å². The van der Waals surface area contributed by atoms with E-state index in [1.54, 1.807) is 13.8 Å². The zero-order valence-corrected chi connectivity index (χ0v) is 21.5. The molecule has 2 amide bonds. The van der Waals surface area contributed by atoms with Crippen LogP contribution in [-0.2, 0) is 34.1 Å². The van der Waals surface area contributed by atoms with Crippen molar-refractivity contribution in [3.8, 4) is 0 Å². The van der Waals surface area contributed by atoms with E-state index >= 15 is 0 Å². The summed E-state index contributed by atoms with van der Waals surface area (Å²) in [7, 11) is 0. The Morgan fingerprint density at radius 2 is 1.16 bits per heavy atom. The maximum atomic E-state index is 14.5. The average molecular weight is 517 g/mol. The van der Waals surface area contributed by atoms with Gasteiger partial charge >= 0.3 is 11.9 Å². The lowest BCUT2D eigenvalue weighted by atomic mass is 9.68. The Hall–Kier alpha value is -4.46. The molecule has 0 radical (unpaired) electrons. The second-order valence-corrected chi connectivity index (χ2v) is 8.57. The highest BCUT2D eigenvalue weighted by Crippen LogP contribution is 2.40. The number of nitrogens with one attached hydrogen (secondary N) is 1. The summed E-state index contributed by atoms with van der Waals surface area (Å²) in [6.07, 6.45) is -0.491. The summed E-state index contributed by atoms with van der Waals surface area (Å²) in [5, 5.41) is 2.72. The predicted octanol–water partition coefficient (Wildman–Crippen LogP) is 3.12. The van der Waals surface area contributed by atoms with Gasteiger partial charge in [-0.2, -0.15) is 0 Å². The number of rotatable bonds is 12. The molecule has 0 spiro atoms. The molecule has 38 heavy (non-hydrogen) atoms. The summed E-state index contributed by atoms with van der Waals surface area (Å²) in [4.78, 5) is 52.4. The smallest absolute Gasteiger partial charge is 0.312 e. The molecule has 0 bridgehead atoms. The van der Waals surface area contributed by atoms with Crippen LogP contribution in [0.1, 0.15) is 37.0 Å². The maximum absolute atomic E-state index is 14.5. The summed E-state index contributed by atoms with van der Waals surface area (Å²) in [6.45, 7) is 3.32. The van der Waals surface area contributed by atoms with Crippen LogP contribution in [0.3, 0.4) is 0 Å². The number of nitrogens with two attached hydrogens (primary N) is 1. The van der Waals surface area contributed by atoms with Crippen molar-refractivity contribution in [1.82, 2.24) is 5.32 Å². The van der Waals surface area contributed by atoms with Crippen LogP contribution in [0.5, 0.6) is 0 Å². The minimum Gasteiger partial charge on any atom is -0.466 e. The fraction of sp³-hybridized carbons (Fsp3) is 0.267. The number of benzene rings is 3. The van der Waals surface area contributed by atoms with Crippen molar-refractivity contribution < 1.29 is 28.7 Å². The third-order valence-corrected chi connectivity index (χ3v) is 6.24. The monoisotopic (exact) mass is 516 g/mol. The quantitative estimate of drug-likeness (QED) is 0.282. The van der Waals surface area contributed by atoms with Crippen molar-refractivity contribution >= 4 is 23.8 Å². The van der Waals surface area contributed by atoms with E-state index in [1.807, 2.05) is 91.0 Å². The summed E-state index contributed by atoms with van der Waals surface area (Å²) < 4.78 is 10.1. The van der Waals surface area contributed by atoms with E-state index in [-0.39, 0.29) is 13.2 Å². The van der Waals surface area contributed by atoms with E-state index in [4.69, 9.17) is 15.2 Å². The Morgan fingerprint density at radius 3 is 1.53 bits per heavy atom. The molecule has 0 saturated heterocycles. The molecule has 3 N–H and O–H groups in total. The lowest BCUT2D eigenvalue weighted by Crippen LogP contribution is -2.57. The van der Waals surface area contributed by atoms with Crippen molar-refractivity contribution in [1.29, 1.82) is 0 Å². The van der Waals surface area contributed by atoms with Gasteiger partial charge in [0, 0.05) is 0 Å². The van der Waals surface area contributed by atoms with E-state index in [0.29, 0.717) is 16.7 Å². The molecule has 0 unspecified atom stereocenters. The Morgan fingerprint density at radius 1 is 0.737 bits per heavy atom. The fourth-order valence-corrected chi connectivity index (χ4v) is 4.56. The Labute approximate surface area is 222 Å². The van der Waals surface area contributed by atoms with Gasteiger partial charge in [-0.3, -0.25) is 19.2 Å². The molecule has 3 aromatic rings. The van der Waals surface area contributed by atoms with E-state index in [1.165, 1.54) is 0 Å². The molecule has 8 nitrogen and oxygen atoms in total. The first-order valence-corrected chi connectivity index (χ1v) is 12.4. The number of carbonyl (C=O) groups excluding carboxylic acids is 4. The van der Waals surface area contributed by atoms with E-state index in [2.05, 4.69) is 5.32 Å². The Balaban J connectivity index is 2.19. The zero-order valence-electron chi connectivity index (χ0n) is 21.5. The number of ether oxygens (including phenoxy) is 2. The van der Waals surface area contributed by atoms with Gasteiger partial charge in [-0.25, -0.2) is 0 Å². The van der Waals surface area contributed by atoms with E-state index < -0.39 is 47.5 Å². The highest BCUT2D eigenvalue weighted by molar-refractivity contribution is 6.00. The van der Waals surface area contributed by atoms with Crippen molar-refractivity contribution in [2.24, 2.45) is 11.7 Å². The van der Waals surface area contributed by atoms with Gasteiger partial charge in [0.15, 0.2) is 0 Å². The minimum atomic E-state index is -1.54. The number of hydrogen-bond acceptors (Lipinski definition) is 6. The van der Waals surface area contributed by atoms with Gasteiger partial charge < -0.3 is 20.5 Å². The summed E-state index contributed by atoms with van der Waals surface area (Å²) >= 11 is 0. The van der Waals surface area contributed by atoms with Gasteiger partial charge in [-0.15, -0.1) is 0 Å². The minimum absolute atomic E-state index is 0.0135. The van der Waals surface area contributed by atoms with Gasteiger partial charge in [-0.05, 0) is 30.5 Å². The first kappa shape index (κ1) is 28.1. The molecule has 3 aromatic carbocycles. The Kier molecular flexibility index (Phi) is 9.76. The molecule has 0 aliphatic heterocycles. The number of amides is 2. The molecule has 0 saturated carbocycles. The van der Waals surface area contributed by atoms with Crippen LogP contribution in [0.4, 0.5) is 0 Å². The largest absolute Gasteiger partial charge is 0.466 e. The number of esters is 2. The predicted molar refractivity (Wildman–Crippen MR) is 142 cm³/mol. The van der Waals surface area contributed by atoms with Gasteiger partial charge in [0.05, 0.1) is 25.6 Å². The van der Waals surface area contributed by atoms with Crippen LogP contribution < -0.4 is 11.1 Å². The summed E-state index contributed by atoms with van der Waals surface area (Å²) in [5.41, 5.74) is 6.21. The summed E-state index contributed by atoms with van der Waals surface area (Å²) in [6, 6.07) is 25.8. The first-order valence-electron chi connectivity index (χ1n) is 12.4. The standard InChI is InChI=1S/C30H32N2O6/c1-3-37-25(33)20-24(28(35)38-4-2)26(27(31)34)32-29(36)30(21-14-8-5-9-15-21,22-16-10-6-11-17-22)23-18-12-7-13-19-23/h5-19,24,26H,3-4,20H2,1-2H3,(H2,31,34)(H,32,36)/t24-,26+/m0/s1. The van der Waals surface area contributed by atoms with Crippen LogP contribution in [-0.4, -0.2) is 43.0 Å². The molecule has 8 heteroatoms. The first-order chi connectivity index (χ1) is 18.4. The van der Waals surface area contributed by atoms with Gasteiger partial charge in [-0.1, -0.05) is 91.0 Å². The molecule has 3 rings (SSSR count). The van der Waals surface area contributed by atoms with Gasteiger partial charge in [0.25, 0.3) is 0 Å². The van der Waals surface area contributed by atoms with E-state index in [0.717, 1.165) is 0 Å². The van der Waals surface area contributed by atoms with E-state index in [9.17, 15) is 19.2 Å². The van der Waals surface area contributed by atoms with Crippen molar-refractivity contribution in [2.75, 3.05) is 13.2 Å². The molecule has 0 aliphatic carbocycles. The average Bonchev–Trinajstić information content (AvgIpc) is 2.93. The molecule has 0 aliphatic rings. The number of primary amides is 1.